The molecule has 2 N–H and O–H groups in total. The predicted molar refractivity (Wildman–Crippen MR) is 119 cm³/mol. The van der Waals surface area contributed by atoms with Gasteiger partial charge in [0.1, 0.15) is 0 Å². The maximum absolute atomic E-state index is 12.9. The lowest BCUT2D eigenvalue weighted by molar-refractivity contribution is 0.327. The first kappa shape index (κ1) is 18.7. The molecule has 5 rings (SSSR count). The standard InChI is InChI=1S/C23H18N6O2/c1-2-31-20-7-5-17(13-26-20)29-21(30)8-4-15-10-25-19-6-3-14(9-18(19)22(15)29)16-11-27-23(24)28-12-16/h3-13H,2H2,1H3,(H2,24,27,28). The molecule has 152 valence electrons. The van der Waals surface area contributed by atoms with Gasteiger partial charge in [0, 0.05) is 47.1 Å². The largest absolute Gasteiger partial charge is 0.478 e. The summed E-state index contributed by atoms with van der Waals surface area (Å²) in [6.07, 6.45) is 6.74. The van der Waals surface area contributed by atoms with E-state index in [0.29, 0.717) is 18.2 Å². The van der Waals surface area contributed by atoms with Gasteiger partial charge in [-0.3, -0.25) is 14.3 Å². The van der Waals surface area contributed by atoms with Gasteiger partial charge < -0.3 is 10.5 Å². The molecule has 0 radical (unpaired) electrons. The number of hydrogen-bond acceptors (Lipinski definition) is 7. The molecular weight excluding hydrogens is 392 g/mol. The number of pyridine rings is 3. The summed E-state index contributed by atoms with van der Waals surface area (Å²) in [5.74, 6) is 0.727. The average molecular weight is 410 g/mol. The minimum absolute atomic E-state index is 0.160. The van der Waals surface area contributed by atoms with Crippen molar-refractivity contribution in [2.45, 2.75) is 6.92 Å². The van der Waals surface area contributed by atoms with Gasteiger partial charge in [-0.1, -0.05) is 6.07 Å². The number of nitrogens with two attached hydrogens (primary N) is 1. The number of hydrogen-bond donors (Lipinski definition) is 1. The molecule has 0 aliphatic heterocycles. The van der Waals surface area contributed by atoms with E-state index in [9.17, 15) is 4.79 Å². The molecule has 0 saturated heterocycles. The molecule has 8 heteroatoms. The maximum Gasteiger partial charge on any atom is 0.255 e. The summed E-state index contributed by atoms with van der Waals surface area (Å²) in [5, 5.41) is 1.67. The Labute approximate surface area is 177 Å². The van der Waals surface area contributed by atoms with Gasteiger partial charge in [0.05, 0.1) is 29.5 Å². The Kier molecular flexibility index (Phi) is 4.51. The molecule has 0 spiro atoms. The second-order valence-corrected chi connectivity index (χ2v) is 6.92. The number of benzene rings is 1. The van der Waals surface area contributed by atoms with Crippen LogP contribution in [-0.4, -0.2) is 31.1 Å². The van der Waals surface area contributed by atoms with Crippen molar-refractivity contribution in [2.24, 2.45) is 0 Å². The van der Waals surface area contributed by atoms with Crippen LogP contribution in [-0.2, 0) is 0 Å². The fraction of sp³-hybridized carbons (Fsp3) is 0.0870. The Bertz CT molecular complexity index is 1460. The fourth-order valence-electron chi connectivity index (χ4n) is 3.57. The van der Waals surface area contributed by atoms with E-state index >= 15 is 0 Å². The topological polar surface area (TPSA) is 109 Å². The molecule has 0 fully saturated rings. The molecule has 4 heterocycles. The van der Waals surface area contributed by atoms with Crippen LogP contribution in [0.3, 0.4) is 0 Å². The minimum atomic E-state index is -0.160. The first-order chi connectivity index (χ1) is 15.1. The third kappa shape index (κ3) is 3.33. The molecule has 0 aliphatic rings. The zero-order chi connectivity index (χ0) is 21.4. The smallest absolute Gasteiger partial charge is 0.255 e. The Balaban J connectivity index is 1.78. The van der Waals surface area contributed by atoms with Gasteiger partial charge in [-0.05, 0) is 36.8 Å². The lowest BCUT2D eigenvalue weighted by Crippen LogP contribution is -2.18. The van der Waals surface area contributed by atoms with E-state index in [0.717, 1.165) is 32.9 Å². The number of ether oxygens (including phenoxy) is 1. The van der Waals surface area contributed by atoms with Crippen LogP contribution in [0.1, 0.15) is 6.92 Å². The third-order valence-corrected chi connectivity index (χ3v) is 4.99. The number of nitrogens with zero attached hydrogens (tertiary/aromatic N) is 5. The Morgan fingerprint density at radius 2 is 1.74 bits per heavy atom. The van der Waals surface area contributed by atoms with Crippen LogP contribution in [0.25, 0.3) is 38.6 Å². The normalized spacial score (nSPS) is 11.1. The molecule has 1 aromatic carbocycles. The van der Waals surface area contributed by atoms with E-state index in [2.05, 4.69) is 19.9 Å². The first-order valence-corrected chi connectivity index (χ1v) is 9.75. The molecule has 31 heavy (non-hydrogen) atoms. The van der Waals surface area contributed by atoms with Gasteiger partial charge in [-0.2, -0.15) is 0 Å². The van der Waals surface area contributed by atoms with Crippen molar-refractivity contribution in [1.82, 2.24) is 24.5 Å². The van der Waals surface area contributed by atoms with Crippen LogP contribution in [0.4, 0.5) is 5.95 Å². The summed E-state index contributed by atoms with van der Waals surface area (Å²) in [5.41, 5.74) is 9.34. The van der Waals surface area contributed by atoms with Crippen LogP contribution < -0.4 is 16.0 Å². The van der Waals surface area contributed by atoms with Crippen molar-refractivity contribution in [3.05, 3.63) is 77.6 Å². The van der Waals surface area contributed by atoms with Gasteiger partial charge in [0.25, 0.3) is 5.56 Å². The molecular formula is C23H18N6O2. The summed E-state index contributed by atoms with van der Waals surface area (Å²) >= 11 is 0. The van der Waals surface area contributed by atoms with Crippen molar-refractivity contribution in [1.29, 1.82) is 0 Å². The summed E-state index contributed by atoms with van der Waals surface area (Å²) in [7, 11) is 0. The lowest BCUT2D eigenvalue weighted by atomic mass is 10.0. The van der Waals surface area contributed by atoms with Crippen LogP contribution in [0.5, 0.6) is 5.88 Å². The van der Waals surface area contributed by atoms with Gasteiger partial charge >= 0.3 is 0 Å². The zero-order valence-corrected chi connectivity index (χ0v) is 16.7. The number of anilines is 1. The van der Waals surface area contributed by atoms with E-state index < -0.39 is 0 Å². The first-order valence-electron chi connectivity index (χ1n) is 9.75. The SMILES string of the molecule is CCOc1ccc(-n2c(=O)ccc3cnc4ccc(-c5cnc(N)nc5)cc4c32)cn1. The molecule has 0 aliphatic carbocycles. The molecule has 0 unspecified atom stereocenters. The van der Waals surface area contributed by atoms with E-state index in [4.69, 9.17) is 10.5 Å². The third-order valence-electron chi connectivity index (χ3n) is 4.99. The molecule has 5 aromatic rings. The summed E-state index contributed by atoms with van der Waals surface area (Å²) < 4.78 is 7.07. The molecule has 0 amide bonds. The van der Waals surface area contributed by atoms with Crippen LogP contribution in [0, 0.1) is 0 Å². The van der Waals surface area contributed by atoms with Crippen molar-refractivity contribution >= 4 is 27.8 Å². The van der Waals surface area contributed by atoms with E-state index in [1.54, 1.807) is 41.5 Å². The summed E-state index contributed by atoms with van der Waals surface area (Å²) in [6, 6.07) is 12.7. The fourth-order valence-corrected chi connectivity index (χ4v) is 3.57. The van der Waals surface area contributed by atoms with E-state index in [1.807, 2.05) is 31.2 Å². The predicted octanol–water partition coefficient (Wildman–Crippen LogP) is 3.37. The Hall–Kier alpha value is -4.33. The molecule has 8 nitrogen and oxygen atoms in total. The van der Waals surface area contributed by atoms with Crippen molar-refractivity contribution in [2.75, 3.05) is 12.3 Å². The Morgan fingerprint density at radius 3 is 2.48 bits per heavy atom. The quantitative estimate of drug-likeness (QED) is 0.452. The highest BCUT2D eigenvalue weighted by molar-refractivity contribution is 6.05. The highest BCUT2D eigenvalue weighted by Gasteiger charge is 2.12. The minimum Gasteiger partial charge on any atom is -0.478 e. The zero-order valence-electron chi connectivity index (χ0n) is 16.7. The Morgan fingerprint density at radius 1 is 0.903 bits per heavy atom. The van der Waals surface area contributed by atoms with Gasteiger partial charge in [0.2, 0.25) is 11.8 Å². The maximum atomic E-state index is 12.9. The monoisotopic (exact) mass is 410 g/mol. The van der Waals surface area contributed by atoms with Gasteiger partial charge in [-0.15, -0.1) is 0 Å². The summed E-state index contributed by atoms with van der Waals surface area (Å²) in [4.78, 5) is 30.0. The number of rotatable bonds is 4. The lowest BCUT2D eigenvalue weighted by Gasteiger charge is -2.13. The van der Waals surface area contributed by atoms with E-state index in [1.165, 1.54) is 6.07 Å². The van der Waals surface area contributed by atoms with Crippen LogP contribution in [0.2, 0.25) is 0 Å². The highest BCUT2D eigenvalue weighted by Crippen LogP contribution is 2.29. The molecule has 0 saturated carbocycles. The second kappa shape index (κ2) is 7.49. The van der Waals surface area contributed by atoms with Crippen molar-refractivity contribution in [3.63, 3.8) is 0 Å². The van der Waals surface area contributed by atoms with Crippen molar-refractivity contribution in [3.8, 4) is 22.7 Å². The number of fused-ring (bicyclic) bond motifs is 3. The molecule has 0 bridgehead atoms. The number of nitrogen functional groups attached to an aromatic ring is 1. The molecule has 4 aromatic heterocycles. The van der Waals surface area contributed by atoms with Gasteiger partial charge in [-0.25, -0.2) is 15.0 Å². The second-order valence-electron chi connectivity index (χ2n) is 6.92. The average Bonchev–Trinajstić information content (AvgIpc) is 2.80. The van der Waals surface area contributed by atoms with Crippen molar-refractivity contribution < 1.29 is 4.74 Å². The van der Waals surface area contributed by atoms with E-state index in [-0.39, 0.29) is 11.5 Å². The van der Waals surface area contributed by atoms with Crippen LogP contribution >= 0.6 is 0 Å². The van der Waals surface area contributed by atoms with Gasteiger partial charge in [0.15, 0.2) is 0 Å². The van der Waals surface area contributed by atoms with Crippen LogP contribution in [0.15, 0.2) is 72.0 Å². The molecule has 0 atom stereocenters. The summed E-state index contributed by atoms with van der Waals surface area (Å²) in [6.45, 7) is 2.42. The number of aromatic nitrogens is 5. The highest BCUT2D eigenvalue weighted by atomic mass is 16.5.